The van der Waals surface area contributed by atoms with Crippen molar-refractivity contribution in [2.45, 2.75) is 18.7 Å². The average molecular weight is 565 g/mol. The second kappa shape index (κ2) is 11.7. The maximum atomic E-state index is 15.0. The number of methoxy groups -OCH3 is 2. The Hall–Kier alpha value is -4.80. The topological polar surface area (TPSA) is 85.8 Å². The first-order valence-corrected chi connectivity index (χ1v) is 12.8. The highest BCUT2D eigenvalue weighted by atomic mass is 19.1. The molecule has 0 bridgehead atoms. The molecule has 0 saturated carbocycles. The summed E-state index contributed by atoms with van der Waals surface area (Å²) >= 11 is 0. The van der Waals surface area contributed by atoms with Gasteiger partial charge in [0.25, 0.3) is 0 Å². The summed E-state index contributed by atoms with van der Waals surface area (Å²) in [6, 6.07) is 11.7. The molecule has 1 aliphatic heterocycles. The number of benzene rings is 3. The number of carbonyl (C=O) groups excluding carboxylic acids is 1. The standard InChI is InChI=1S/C30H27F3N4O4/c1-4-29(38)37-10-9-25(22(33)15-37)41-28-13-20-23(14-27(28)40-3)34-16-35-30(20)36-24-11-17(5-8-26(24)39-2)19-7-6-18(31)12-21(19)32/h4-8,11-14,16,22,25H,1,9-10,15H2,2-3H3,(H,34,35,36)/t22-,25-/m0/s1. The summed E-state index contributed by atoms with van der Waals surface area (Å²) in [4.78, 5) is 22.0. The molecule has 41 heavy (non-hydrogen) atoms. The van der Waals surface area contributed by atoms with Crippen molar-refractivity contribution >= 4 is 28.3 Å². The molecule has 1 N–H and O–H groups in total. The quantitative estimate of drug-likeness (QED) is 0.269. The number of carbonyl (C=O) groups is 1. The largest absolute Gasteiger partial charge is 0.495 e. The van der Waals surface area contributed by atoms with Crippen molar-refractivity contribution in [1.82, 2.24) is 14.9 Å². The number of ether oxygens (including phenoxy) is 3. The minimum atomic E-state index is -1.42. The van der Waals surface area contributed by atoms with E-state index < -0.39 is 23.9 Å². The Labute approximate surface area is 234 Å². The number of alkyl halides is 1. The van der Waals surface area contributed by atoms with E-state index in [2.05, 4.69) is 21.9 Å². The van der Waals surface area contributed by atoms with Gasteiger partial charge in [-0.3, -0.25) is 4.79 Å². The van der Waals surface area contributed by atoms with Crippen molar-refractivity contribution in [3.05, 3.63) is 79.1 Å². The molecule has 1 saturated heterocycles. The van der Waals surface area contributed by atoms with E-state index in [1.807, 2.05) is 0 Å². The number of fused-ring (bicyclic) bond motifs is 1. The van der Waals surface area contributed by atoms with Crippen LogP contribution in [0.5, 0.6) is 17.2 Å². The summed E-state index contributed by atoms with van der Waals surface area (Å²) in [6.07, 6.45) is 0.581. The zero-order valence-electron chi connectivity index (χ0n) is 22.4. The fourth-order valence-corrected chi connectivity index (χ4v) is 4.75. The van der Waals surface area contributed by atoms with Gasteiger partial charge in [-0.2, -0.15) is 0 Å². The zero-order valence-corrected chi connectivity index (χ0v) is 22.4. The SMILES string of the molecule is C=CC(=O)N1CC[C@H](Oc2cc3c(Nc4cc(-c5ccc(F)cc5F)ccc4OC)ncnc3cc2OC)[C@@H](F)C1. The predicted octanol–water partition coefficient (Wildman–Crippen LogP) is 5.84. The third-order valence-corrected chi connectivity index (χ3v) is 6.86. The van der Waals surface area contributed by atoms with Crippen LogP contribution in [0.1, 0.15) is 6.42 Å². The summed E-state index contributed by atoms with van der Waals surface area (Å²) in [5, 5.41) is 3.75. The molecule has 3 aromatic carbocycles. The summed E-state index contributed by atoms with van der Waals surface area (Å²) in [6.45, 7) is 3.68. The Kier molecular flexibility index (Phi) is 7.95. The summed E-state index contributed by atoms with van der Waals surface area (Å²) < 4.78 is 60.1. The van der Waals surface area contributed by atoms with Crippen LogP contribution in [0.3, 0.4) is 0 Å². The van der Waals surface area contributed by atoms with Gasteiger partial charge in [0, 0.05) is 36.0 Å². The molecule has 212 valence electrons. The number of hydrogen-bond donors (Lipinski definition) is 1. The van der Waals surface area contributed by atoms with Crippen LogP contribution in [0.25, 0.3) is 22.0 Å². The van der Waals surface area contributed by atoms with E-state index in [4.69, 9.17) is 14.2 Å². The Balaban J connectivity index is 1.48. The number of nitrogens with one attached hydrogen (secondary N) is 1. The minimum absolute atomic E-state index is 0.105. The van der Waals surface area contributed by atoms with E-state index >= 15 is 4.39 Å². The van der Waals surface area contributed by atoms with E-state index in [1.54, 1.807) is 30.3 Å². The Morgan fingerprint density at radius 3 is 2.56 bits per heavy atom. The molecule has 1 aliphatic rings. The van der Waals surface area contributed by atoms with Gasteiger partial charge in [0.15, 0.2) is 17.7 Å². The second-order valence-corrected chi connectivity index (χ2v) is 9.36. The van der Waals surface area contributed by atoms with Gasteiger partial charge in [-0.25, -0.2) is 23.1 Å². The van der Waals surface area contributed by atoms with Gasteiger partial charge in [0.1, 0.15) is 35.6 Å². The molecule has 0 radical (unpaired) electrons. The molecule has 0 unspecified atom stereocenters. The van der Waals surface area contributed by atoms with E-state index in [0.29, 0.717) is 46.0 Å². The van der Waals surface area contributed by atoms with Gasteiger partial charge >= 0.3 is 0 Å². The molecule has 8 nitrogen and oxygen atoms in total. The van der Waals surface area contributed by atoms with E-state index in [9.17, 15) is 13.6 Å². The molecule has 2 heterocycles. The molecule has 11 heteroatoms. The molecule has 2 atom stereocenters. The summed E-state index contributed by atoms with van der Waals surface area (Å²) in [7, 11) is 2.96. The van der Waals surface area contributed by atoms with E-state index in [-0.39, 0.29) is 30.2 Å². The summed E-state index contributed by atoms with van der Waals surface area (Å²) in [5.74, 6) is -0.241. The van der Waals surface area contributed by atoms with E-state index in [0.717, 1.165) is 12.1 Å². The Morgan fingerprint density at radius 2 is 1.85 bits per heavy atom. The maximum Gasteiger partial charge on any atom is 0.246 e. The van der Waals surface area contributed by atoms with Crippen LogP contribution < -0.4 is 19.5 Å². The van der Waals surface area contributed by atoms with Crippen LogP contribution in [0, 0.1) is 11.6 Å². The molecule has 0 spiro atoms. The molecular formula is C30H27F3N4O4. The number of halogens is 3. The third-order valence-electron chi connectivity index (χ3n) is 6.86. The van der Waals surface area contributed by atoms with Crippen LogP contribution in [0.4, 0.5) is 24.7 Å². The van der Waals surface area contributed by atoms with Gasteiger partial charge < -0.3 is 24.4 Å². The third kappa shape index (κ3) is 5.74. The van der Waals surface area contributed by atoms with Crippen LogP contribution >= 0.6 is 0 Å². The van der Waals surface area contributed by atoms with Crippen LogP contribution in [-0.4, -0.2) is 60.4 Å². The van der Waals surface area contributed by atoms with Crippen molar-refractivity contribution in [2.75, 3.05) is 32.6 Å². The van der Waals surface area contributed by atoms with Crippen LogP contribution in [0.15, 0.2) is 67.5 Å². The molecule has 1 fully saturated rings. The highest BCUT2D eigenvalue weighted by Crippen LogP contribution is 2.39. The predicted molar refractivity (Wildman–Crippen MR) is 148 cm³/mol. The lowest BCUT2D eigenvalue weighted by atomic mass is 10.0. The molecule has 4 aromatic rings. The minimum Gasteiger partial charge on any atom is -0.495 e. The smallest absolute Gasteiger partial charge is 0.246 e. The lowest BCUT2D eigenvalue weighted by Gasteiger charge is -2.34. The molecule has 0 aliphatic carbocycles. The Morgan fingerprint density at radius 1 is 1.05 bits per heavy atom. The highest BCUT2D eigenvalue weighted by Gasteiger charge is 2.33. The molecular weight excluding hydrogens is 537 g/mol. The van der Waals surface area contributed by atoms with Crippen molar-refractivity contribution in [2.24, 2.45) is 0 Å². The monoisotopic (exact) mass is 564 g/mol. The number of aromatic nitrogens is 2. The maximum absolute atomic E-state index is 15.0. The van der Waals surface area contributed by atoms with Crippen molar-refractivity contribution in [3.8, 4) is 28.4 Å². The molecule has 1 aromatic heterocycles. The number of anilines is 2. The fourth-order valence-electron chi connectivity index (χ4n) is 4.75. The number of hydrogen-bond acceptors (Lipinski definition) is 7. The number of rotatable bonds is 8. The van der Waals surface area contributed by atoms with Gasteiger partial charge in [0.05, 0.1) is 32.0 Å². The zero-order chi connectivity index (χ0) is 29.1. The summed E-state index contributed by atoms with van der Waals surface area (Å²) in [5.41, 5.74) is 1.70. The first-order valence-electron chi connectivity index (χ1n) is 12.8. The van der Waals surface area contributed by atoms with Crippen LogP contribution in [0.2, 0.25) is 0 Å². The van der Waals surface area contributed by atoms with Gasteiger partial charge in [-0.1, -0.05) is 12.6 Å². The van der Waals surface area contributed by atoms with Crippen molar-refractivity contribution in [3.63, 3.8) is 0 Å². The number of piperidine rings is 1. The van der Waals surface area contributed by atoms with Gasteiger partial charge in [-0.15, -0.1) is 0 Å². The van der Waals surface area contributed by atoms with E-state index in [1.165, 1.54) is 37.6 Å². The molecule has 5 rings (SSSR count). The average Bonchev–Trinajstić information content (AvgIpc) is 2.97. The van der Waals surface area contributed by atoms with Crippen molar-refractivity contribution < 1.29 is 32.2 Å². The van der Waals surface area contributed by atoms with Crippen LogP contribution in [-0.2, 0) is 4.79 Å². The van der Waals surface area contributed by atoms with Crippen molar-refractivity contribution in [1.29, 1.82) is 0 Å². The van der Waals surface area contributed by atoms with Gasteiger partial charge in [-0.05, 0) is 42.0 Å². The molecule has 1 amide bonds. The lowest BCUT2D eigenvalue weighted by molar-refractivity contribution is -0.129. The second-order valence-electron chi connectivity index (χ2n) is 9.36. The number of likely N-dealkylation sites (tertiary alicyclic amines) is 1. The Bertz CT molecular complexity index is 1620. The number of nitrogens with zero attached hydrogens (tertiary/aromatic N) is 3. The fraction of sp³-hybridized carbons (Fsp3) is 0.233. The van der Waals surface area contributed by atoms with Gasteiger partial charge in [0.2, 0.25) is 5.91 Å². The lowest BCUT2D eigenvalue weighted by Crippen LogP contribution is -2.48. The first-order chi connectivity index (χ1) is 19.8. The first kappa shape index (κ1) is 27.8. The number of amides is 1. The normalized spacial score (nSPS) is 16.8. The highest BCUT2D eigenvalue weighted by molar-refractivity contribution is 5.94.